The smallest absolute Gasteiger partial charge is 0.555 e. The van der Waals surface area contributed by atoms with Crippen molar-refractivity contribution in [3.05, 3.63) is 50.0 Å². The van der Waals surface area contributed by atoms with Crippen molar-refractivity contribution in [2.75, 3.05) is 0 Å². The second-order valence-electron chi connectivity index (χ2n) is 2.23. The van der Waals surface area contributed by atoms with Gasteiger partial charge in [0.1, 0.15) is 0 Å². The van der Waals surface area contributed by atoms with Gasteiger partial charge in [0, 0.05) is 0 Å². The Kier molecular flexibility index (Phi) is 34.3. The summed E-state index contributed by atoms with van der Waals surface area (Å²) in [7, 11) is 0. The van der Waals surface area contributed by atoms with Crippen LogP contribution in [0.2, 0.25) is 0 Å². The number of hydrogen-bond acceptors (Lipinski definition) is 5. The Bertz CT molecular complexity index is 278. The molecule has 0 aromatic heterocycles. The summed E-state index contributed by atoms with van der Waals surface area (Å²) in [6, 6.07) is 0. The molecule has 0 heterocycles. The standard InChI is InChI=1S/2C6H7O2.CHO.Ru/c2*1-3-4-5-8-6(2)7;1-2;/h2*3-4H,1H2,2H3;1H;/q3*-1;+3. The summed E-state index contributed by atoms with van der Waals surface area (Å²) in [6.07, 6.45) is 10.3. The molecule has 6 heteroatoms. The molecular weight excluding hydrogens is 337 g/mol. The van der Waals surface area contributed by atoms with Crippen molar-refractivity contribution in [3.8, 4) is 0 Å². The second kappa shape index (κ2) is 25.1. The minimum atomic E-state index is -0.372. The Hall–Kier alpha value is -1.81. The van der Waals surface area contributed by atoms with Crippen LogP contribution in [0.25, 0.3) is 0 Å². The molecule has 0 saturated carbocycles. The number of rotatable bonds is 4. The predicted molar refractivity (Wildman–Crippen MR) is 66.3 cm³/mol. The van der Waals surface area contributed by atoms with Crippen molar-refractivity contribution in [1.82, 2.24) is 0 Å². The van der Waals surface area contributed by atoms with Crippen molar-refractivity contribution in [2.24, 2.45) is 0 Å². The van der Waals surface area contributed by atoms with Crippen molar-refractivity contribution in [2.45, 2.75) is 13.8 Å². The van der Waals surface area contributed by atoms with Gasteiger partial charge in [0.2, 0.25) is 11.9 Å². The molecule has 0 atom stereocenters. The molecule has 0 fully saturated rings. The number of ether oxygens (including phenoxy) is 2. The van der Waals surface area contributed by atoms with Gasteiger partial charge in [-0.15, -0.1) is 12.2 Å². The van der Waals surface area contributed by atoms with Crippen LogP contribution in [0.15, 0.2) is 37.5 Å². The van der Waals surface area contributed by atoms with Crippen molar-refractivity contribution >= 4 is 18.7 Å². The van der Waals surface area contributed by atoms with Gasteiger partial charge in [-0.3, -0.25) is 6.79 Å². The maximum Gasteiger partial charge on any atom is 3.00 e. The quantitative estimate of drug-likeness (QED) is 0.193. The van der Waals surface area contributed by atoms with E-state index in [0.29, 0.717) is 0 Å². The van der Waals surface area contributed by atoms with Gasteiger partial charge in [0.15, 0.2) is 0 Å². The zero-order valence-electron chi connectivity index (χ0n) is 10.7. The molecule has 0 aliphatic rings. The fourth-order valence-electron chi connectivity index (χ4n) is 0.330. The van der Waals surface area contributed by atoms with Gasteiger partial charge in [-0.05, 0) is 26.4 Å². The molecule has 1 radical (unpaired) electrons. The van der Waals surface area contributed by atoms with E-state index in [1.54, 1.807) is 0 Å². The predicted octanol–water partition coefficient (Wildman–Crippen LogP) is 1.83. The summed E-state index contributed by atoms with van der Waals surface area (Å²) in [5, 5.41) is 0. The summed E-state index contributed by atoms with van der Waals surface area (Å²) in [6.45, 7) is 12.6. The number of esters is 2. The first-order valence-electron chi connectivity index (χ1n) is 4.52. The zero-order valence-corrected chi connectivity index (χ0v) is 12.4. The Morgan fingerprint density at radius 3 is 1.37 bits per heavy atom. The molecule has 0 N–H and O–H groups in total. The number of allylic oxidation sites excluding steroid dienone is 4. The molecule has 0 amide bonds. The normalized spacial score (nSPS) is 7.89. The maximum absolute atomic E-state index is 9.98. The topological polar surface area (TPSA) is 69.7 Å². The van der Waals surface area contributed by atoms with E-state index in [0.717, 1.165) is 0 Å². The Balaban J connectivity index is -0.0000000999. The summed E-state index contributed by atoms with van der Waals surface area (Å²) in [5.74, 6) is -0.744. The van der Waals surface area contributed by atoms with E-state index in [1.807, 2.05) is 0 Å². The third-order valence-electron chi connectivity index (χ3n) is 0.777. The molecule has 0 spiro atoms. The zero-order chi connectivity index (χ0) is 14.8. The van der Waals surface area contributed by atoms with Crippen LogP contribution in [0, 0.1) is 12.5 Å². The van der Waals surface area contributed by atoms with Crippen LogP contribution in [-0.4, -0.2) is 18.7 Å². The minimum Gasteiger partial charge on any atom is -0.555 e. The molecule has 0 rings (SSSR count). The molecule has 0 bridgehead atoms. The average Bonchev–Trinajstić information content (AvgIpc) is 2.32. The number of carbonyl (C=O) groups excluding carboxylic acids is 3. The van der Waals surface area contributed by atoms with Gasteiger partial charge < -0.3 is 23.9 Å². The molecule has 105 valence electrons. The van der Waals surface area contributed by atoms with Crippen molar-refractivity contribution in [1.29, 1.82) is 0 Å². The van der Waals surface area contributed by atoms with Crippen LogP contribution in [-0.2, 0) is 43.3 Å². The van der Waals surface area contributed by atoms with Gasteiger partial charge in [-0.25, -0.2) is 0 Å². The van der Waals surface area contributed by atoms with Gasteiger partial charge in [0.25, 0.3) is 0 Å². The SMILES string of the molecule is C=CC=[C-]OC(C)=O.C=CC=[C-]OC(C)=O.[CH-]=O.[Ru+3]. The Morgan fingerprint density at radius 2 is 1.21 bits per heavy atom. The van der Waals surface area contributed by atoms with Gasteiger partial charge in [-0.2, -0.15) is 25.3 Å². The first kappa shape index (κ1) is 25.9. The number of hydrogen-bond donors (Lipinski definition) is 0. The third-order valence-corrected chi connectivity index (χ3v) is 0.777. The van der Waals surface area contributed by atoms with Crippen molar-refractivity contribution in [3.63, 3.8) is 0 Å². The van der Waals surface area contributed by atoms with E-state index < -0.39 is 0 Å². The van der Waals surface area contributed by atoms with Crippen molar-refractivity contribution < 1.29 is 43.3 Å². The molecule has 0 unspecified atom stereocenters. The summed E-state index contributed by atoms with van der Waals surface area (Å²) in [4.78, 5) is 27.7. The van der Waals surface area contributed by atoms with Gasteiger partial charge in [0.05, 0.1) is 0 Å². The minimum absolute atomic E-state index is 0. The van der Waals surface area contributed by atoms with E-state index >= 15 is 0 Å². The van der Waals surface area contributed by atoms with Crippen LogP contribution < -0.4 is 0 Å². The molecule has 19 heavy (non-hydrogen) atoms. The summed E-state index contributed by atoms with van der Waals surface area (Å²) < 4.78 is 8.53. The van der Waals surface area contributed by atoms with Crippen LogP contribution in [0.4, 0.5) is 0 Å². The largest absolute Gasteiger partial charge is 3.00 e. The second-order valence-corrected chi connectivity index (χ2v) is 2.23. The first-order valence-corrected chi connectivity index (χ1v) is 4.52. The molecule has 0 aliphatic heterocycles. The fraction of sp³-hybridized carbons (Fsp3) is 0.154. The third kappa shape index (κ3) is 48.6. The average molecular weight is 352 g/mol. The monoisotopic (exact) mass is 353 g/mol. The molecule has 0 saturated heterocycles. The van der Waals surface area contributed by atoms with Crippen LogP contribution in [0.3, 0.4) is 0 Å². The molecule has 0 aromatic carbocycles. The molecule has 0 aliphatic carbocycles. The molecule has 0 aromatic rings. The van der Waals surface area contributed by atoms with Crippen LogP contribution >= 0.6 is 0 Å². The van der Waals surface area contributed by atoms with Crippen LogP contribution in [0.1, 0.15) is 13.8 Å². The van der Waals surface area contributed by atoms with Gasteiger partial charge in [-0.1, -0.05) is 0 Å². The fourth-order valence-corrected chi connectivity index (χ4v) is 0.330. The van der Waals surface area contributed by atoms with E-state index in [4.69, 9.17) is 4.79 Å². The summed E-state index contributed by atoms with van der Waals surface area (Å²) in [5.41, 5.74) is 0. The Morgan fingerprint density at radius 1 is 0.947 bits per heavy atom. The van der Waals surface area contributed by atoms with Gasteiger partial charge >= 0.3 is 19.5 Å². The van der Waals surface area contributed by atoms with E-state index in [1.165, 1.54) is 38.2 Å². The molecular formula is C13H15O5Ru. The molecule has 5 nitrogen and oxygen atoms in total. The first-order chi connectivity index (χ1) is 8.54. The summed E-state index contributed by atoms with van der Waals surface area (Å²) >= 11 is 0. The number of carbonyl (C=O) groups is 2. The van der Waals surface area contributed by atoms with E-state index in [-0.39, 0.29) is 31.4 Å². The maximum atomic E-state index is 9.98. The van der Waals surface area contributed by atoms with Crippen LogP contribution in [0.5, 0.6) is 0 Å². The van der Waals surface area contributed by atoms with E-state index in [2.05, 4.69) is 41.9 Å². The van der Waals surface area contributed by atoms with E-state index in [9.17, 15) is 9.59 Å². The Labute approximate surface area is 126 Å².